The van der Waals surface area contributed by atoms with Gasteiger partial charge in [-0.1, -0.05) is 31.5 Å². The van der Waals surface area contributed by atoms with E-state index in [4.69, 9.17) is 16.3 Å². The molecule has 2 atom stereocenters. The summed E-state index contributed by atoms with van der Waals surface area (Å²) in [7, 11) is 1.31. The van der Waals surface area contributed by atoms with Gasteiger partial charge < -0.3 is 9.72 Å². The van der Waals surface area contributed by atoms with Crippen LogP contribution >= 0.6 is 11.6 Å². The number of H-pyrrole nitrogens is 1. The average Bonchev–Trinajstić information content (AvgIpc) is 2.85. The molecule has 4 nitrogen and oxygen atoms in total. The number of carbonyl (C=O) groups is 2. The van der Waals surface area contributed by atoms with E-state index in [1.807, 2.05) is 32.2 Å². The normalized spacial score (nSPS) is 14.1. The zero-order chi connectivity index (χ0) is 16.4. The molecule has 1 aromatic carbocycles. The Morgan fingerprint density at radius 2 is 1.95 bits per heavy atom. The van der Waals surface area contributed by atoms with Crippen LogP contribution in [-0.4, -0.2) is 23.8 Å². The fourth-order valence-electron chi connectivity index (χ4n) is 3.01. The van der Waals surface area contributed by atoms with Gasteiger partial charge in [0.05, 0.1) is 7.11 Å². The number of nitrogens with one attached hydrogen (secondary N) is 1. The number of Topliss-reactive ketones (excluding diaryl/α,β-unsaturated/α-hetero) is 1. The van der Waals surface area contributed by atoms with Crippen LogP contribution in [0, 0.1) is 11.8 Å². The number of benzene rings is 1. The molecule has 0 aliphatic carbocycles. The van der Waals surface area contributed by atoms with Crippen molar-refractivity contribution in [3.8, 4) is 0 Å². The zero-order valence-corrected chi connectivity index (χ0v) is 13.9. The van der Waals surface area contributed by atoms with Crippen molar-refractivity contribution in [1.29, 1.82) is 0 Å². The molecule has 0 spiro atoms. The third-order valence-electron chi connectivity index (χ3n) is 4.01. The SMILES string of the molecule is COC(=O)[C@@H](C(C)=O)[C@H](c1c[nH]c2cc(Cl)ccc12)C(C)C. The molecular weight excluding hydrogens is 302 g/mol. The number of ether oxygens (including phenoxy) is 1. The molecule has 0 saturated carbocycles. The van der Waals surface area contributed by atoms with Gasteiger partial charge in [-0.2, -0.15) is 0 Å². The van der Waals surface area contributed by atoms with Crippen LogP contribution in [0.1, 0.15) is 32.3 Å². The molecule has 0 saturated heterocycles. The highest BCUT2D eigenvalue weighted by Crippen LogP contribution is 2.38. The number of esters is 1. The van der Waals surface area contributed by atoms with Gasteiger partial charge in [0.2, 0.25) is 0 Å². The van der Waals surface area contributed by atoms with E-state index in [2.05, 4.69) is 4.98 Å². The monoisotopic (exact) mass is 321 g/mol. The maximum absolute atomic E-state index is 12.1. The Kier molecular flexibility index (Phi) is 4.91. The summed E-state index contributed by atoms with van der Waals surface area (Å²) in [4.78, 5) is 27.3. The van der Waals surface area contributed by atoms with Crippen molar-refractivity contribution in [1.82, 2.24) is 4.98 Å². The summed E-state index contributed by atoms with van der Waals surface area (Å²) in [5, 5.41) is 1.61. The molecule has 118 valence electrons. The Bertz CT molecular complexity index is 705. The summed E-state index contributed by atoms with van der Waals surface area (Å²) in [5.41, 5.74) is 1.83. The minimum atomic E-state index is -0.806. The van der Waals surface area contributed by atoms with Crippen molar-refractivity contribution in [2.75, 3.05) is 7.11 Å². The molecule has 2 rings (SSSR count). The van der Waals surface area contributed by atoms with Crippen LogP contribution in [0.15, 0.2) is 24.4 Å². The highest BCUT2D eigenvalue weighted by molar-refractivity contribution is 6.31. The molecule has 22 heavy (non-hydrogen) atoms. The quantitative estimate of drug-likeness (QED) is 0.670. The molecule has 0 radical (unpaired) electrons. The second-order valence-corrected chi connectivity index (χ2v) is 6.25. The largest absolute Gasteiger partial charge is 0.468 e. The number of carbonyl (C=O) groups excluding carboxylic acids is 2. The van der Waals surface area contributed by atoms with E-state index in [9.17, 15) is 9.59 Å². The predicted octanol–water partition coefficient (Wildman–Crippen LogP) is 3.94. The second-order valence-electron chi connectivity index (χ2n) is 5.82. The van der Waals surface area contributed by atoms with E-state index in [1.54, 1.807) is 6.07 Å². The van der Waals surface area contributed by atoms with Gasteiger partial charge in [0.25, 0.3) is 0 Å². The van der Waals surface area contributed by atoms with E-state index in [0.717, 1.165) is 16.5 Å². The molecule has 1 N–H and O–H groups in total. The molecule has 0 aliphatic heterocycles. The number of aromatic amines is 1. The summed E-state index contributed by atoms with van der Waals surface area (Å²) in [6.45, 7) is 5.43. The number of rotatable bonds is 5. The van der Waals surface area contributed by atoms with Crippen molar-refractivity contribution in [2.45, 2.75) is 26.7 Å². The summed E-state index contributed by atoms with van der Waals surface area (Å²) in [6.07, 6.45) is 1.85. The van der Waals surface area contributed by atoms with Crippen molar-refractivity contribution >= 4 is 34.3 Å². The zero-order valence-electron chi connectivity index (χ0n) is 13.1. The van der Waals surface area contributed by atoms with Crippen molar-refractivity contribution < 1.29 is 14.3 Å². The highest BCUT2D eigenvalue weighted by atomic mass is 35.5. The fraction of sp³-hybridized carbons (Fsp3) is 0.412. The van der Waals surface area contributed by atoms with Crippen LogP contribution in [0.4, 0.5) is 0 Å². The Morgan fingerprint density at radius 3 is 2.50 bits per heavy atom. The lowest BCUT2D eigenvalue weighted by molar-refractivity contribution is -0.150. The van der Waals surface area contributed by atoms with Crippen molar-refractivity contribution in [3.05, 3.63) is 35.0 Å². The first kappa shape index (κ1) is 16.6. The second kappa shape index (κ2) is 6.53. The maximum Gasteiger partial charge on any atom is 0.316 e. The van der Waals surface area contributed by atoms with Crippen LogP contribution < -0.4 is 0 Å². The molecule has 1 aromatic heterocycles. The van der Waals surface area contributed by atoms with Gasteiger partial charge in [-0.3, -0.25) is 9.59 Å². The van der Waals surface area contributed by atoms with Gasteiger partial charge in [0.1, 0.15) is 11.7 Å². The van der Waals surface area contributed by atoms with E-state index in [1.165, 1.54) is 14.0 Å². The molecule has 0 fully saturated rings. The molecule has 0 amide bonds. The summed E-state index contributed by atoms with van der Waals surface area (Å²) in [6, 6.07) is 5.55. The van der Waals surface area contributed by atoms with E-state index < -0.39 is 11.9 Å². The molecule has 5 heteroatoms. The Hall–Kier alpha value is -1.81. The van der Waals surface area contributed by atoms with Gasteiger partial charge in [-0.05, 0) is 30.5 Å². The van der Waals surface area contributed by atoms with E-state index in [0.29, 0.717) is 5.02 Å². The van der Waals surface area contributed by atoms with E-state index >= 15 is 0 Å². The third kappa shape index (κ3) is 3.02. The van der Waals surface area contributed by atoms with E-state index in [-0.39, 0.29) is 17.6 Å². The lowest BCUT2D eigenvalue weighted by Crippen LogP contribution is -2.32. The molecular formula is C17H20ClNO3. The molecule has 0 unspecified atom stereocenters. The minimum absolute atomic E-state index is 0.0997. The predicted molar refractivity (Wildman–Crippen MR) is 87.1 cm³/mol. The number of halogens is 1. The topological polar surface area (TPSA) is 59.2 Å². The summed E-state index contributed by atoms with van der Waals surface area (Å²) >= 11 is 6.01. The summed E-state index contributed by atoms with van der Waals surface area (Å²) < 4.78 is 4.84. The molecule has 0 bridgehead atoms. The smallest absolute Gasteiger partial charge is 0.316 e. The summed E-state index contributed by atoms with van der Waals surface area (Å²) in [5.74, 6) is -1.63. The van der Waals surface area contributed by atoms with Gasteiger partial charge in [0, 0.05) is 28.0 Å². The van der Waals surface area contributed by atoms with Crippen molar-refractivity contribution in [3.63, 3.8) is 0 Å². The molecule has 0 aliphatic rings. The third-order valence-corrected chi connectivity index (χ3v) is 4.24. The van der Waals surface area contributed by atoms with Crippen LogP contribution in [0.5, 0.6) is 0 Å². The van der Waals surface area contributed by atoms with Crippen molar-refractivity contribution in [2.24, 2.45) is 11.8 Å². The van der Waals surface area contributed by atoms with Gasteiger partial charge in [0.15, 0.2) is 0 Å². The number of hydrogen-bond acceptors (Lipinski definition) is 3. The number of aromatic nitrogens is 1. The fourth-order valence-corrected chi connectivity index (χ4v) is 3.18. The molecule has 1 heterocycles. The van der Waals surface area contributed by atoms with Gasteiger partial charge in [-0.15, -0.1) is 0 Å². The number of fused-ring (bicyclic) bond motifs is 1. The Labute approximate surface area is 134 Å². The standard InChI is InChI=1S/C17H20ClNO3/c1-9(2)15(16(10(3)20)17(21)22-4)13-8-19-14-7-11(18)5-6-12(13)14/h5-9,15-16,19H,1-4H3/t15-,16-/m0/s1. The number of methoxy groups -OCH3 is 1. The van der Waals surface area contributed by atoms with Gasteiger partial charge in [-0.25, -0.2) is 0 Å². The Balaban J connectivity index is 2.59. The average molecular weight is 322 g/mol. The van der Waals surface area contributed by atoms with Crippen LogP contribution in [0.3, 0.4) is 0 Å². The Morgan fingerprint density at radius 1 is 1.27 bits per heavy atom. The first-order valence-corrected chi connectivity index (χ1v) is 7.59. The number of hydrogen-bond donors (Lipinski definition) is 1. The minimum Gasteiger partial charge on any atom is -0.468 e. The maximum atomic E-state index is 12.1. The number of ketones is 1. The first-order valence-electron chi connectivity index (χ1n) is 7.21. The lowest BCUT2D eigenvalue weighted by Gasteiger charge is -2.26. The first-order chi connectivity index (χ1) is 10.4. The van der Waals surface area contributed by atoms with Crippen LogP contribution in [0.2, 0.25) is 5.02 Å². The lowest BCUT2D eigenvalue weighted by atomic mass is 9.76. The molecule has 2 aromatic rings. The van der Waals surface area contributed by atoms with Crippen LogP contribution in [-0.2, 0) is 14.3 Å². The van der Waals surface area contributed by atoms with Crippen LogP contribution in [0.25, 0.3) is 10.9 Å². The van der Waals surface area contributed by atoms with Gasteiger partial charge >= 0.3 is 5.97 Å². The highest BCUT2D eigenvalue weighted by Gasteiger charge is 2.37.